The molecule has 11 nitrogen and oxygen atoms in total. The number of aromatic nitrogens is 8. The summed E-state index contributed by atoms with van der Waals surface area (Å²) in [7, 11) is 0. The van der Waals surface area contributed by atoms with E-state index in [0.717, 1.165) is 28.1 Å². The lowest BCUT2D eigenvalue weighted by Crippen LogP contribution is -2.00. The Morgan fingerprint density at radius 2 is 1.16 bits per heavy atom. The van der Waals surface area contributed by atoms with Gasteiger partial charge in [0.05, 0.1) is 0 Å². The maximum absolute atomic E-state index is 13.3. The first kappa shape index (κ1) is 32.6. The molecule has 0 saturated heterocycles. The first-order valence-corrected chi connectivity index (χ1v) is 14.1. The minimum atomic E-state index is -0.305. The number of rotatable bonds is 5. The summed E-state index contributed by atoms with van der Waals surface area (Å²) in [5.74, 6) is 2.02. The molecule has 0 bridgehead atoms. The van der Waals surface area contributed by atoms with Crippen molar-refractivity contribution in [2.75, 3.05) is 16.4 Å². The summed E-state index contributed by atoms with van der Waals surface area (Å²) in [6.07, 6.45) is 11.8. The van der Waals surface area contributed by atoms with Crippen LogP contribution in [0.15, 0.2) is 91.9 Å². The third kappa shape index (κ3) is 10.1. The monoisotopic (exact) mass is 643 g/mol. The largest absolute Gasteiger partial charge is 0.383 e. The molecule has 5 heterocycles. The van der Waals surface area contributed by atoms with Crippen LogP contribution in [0.2, 0.25) is 10.6 Å². The lowest BCUT2D eigenvalue weighted by atomic mass is 10.2. The zero-order valence-corrected chi connectivity index (χ0v) is 26.0. The number of nitrogens with zero attached hydrogens (tertiary/aromatic N) is 8. The highest BCUT2D eigenvalue weighted by atomic mass is 35.5. The molecule has 5 aromatic heterocycles. The van der Waals surface area contributed by atoms with Crippen LogP contribution in [0.25, 0.3) is 11.4 Å². The first-order chi connectivity index (χ1) is 21.7. The standard InChI is InChI=1S/C16H13FN4.C10H9ClN4.C5H6ClN3/c1-11-10-19-16(12-3-2-4-13(17)9-12)21-15(11)20-14-5-7-18-8-6-14;1-7-6-13-10(11)15-9(7)14-8-2-4-12-5-3-8;1-3-2-8-5(6)9-4(3)7/h2-10H,1H3,(H,18,19,20,21);2-6H,1H3,(H,12,13,14,15);2H,1H3,(H2,7,8,9). The van der Waals surface area contributed by atoms with Crippen molar-refractivity contribution >= 4 is 52.0 Å². The molecule has 4 N–H and O–H groups in total. The molecule has 0 spiro atoms. The predicted octanol–water partition coefficient (Wildman–Crippen LogP) is 7.33. The van der Waals surface area contributed by atoms with Gasteiger partial charge in [0, 0.05) is 77.0 Å². The van der Waals surface area contributed by atoms with E-state index in [1.807, 2.05) is 45.0 Å². The van der Waals surface area contributed by atoms with Crippen molar-refractivity contribution in [2.24, 2.45) is 0 Å². The maximum Gasteiger partial charge on any atom is 0.224 e. The molecule has 0 radical (unpaired) electrons. The molecule has 0 atom stereocenters. The number of aryl methyl sites for hydroxylation is 3. The Bertz CT molecular complexity index is 1850. The van der Waals surface area contributed by atoms with E-state index in [2.05, 4.69) is 50.5 Å². The van der Waals surface area contributed by atoms with Gasteiger partial charge in [-0.05, 0) is 80.4 Å². The van der Waals surface area contributed by atoms with Gasteiger partial charge in [-0.2, -0.15) is 0 Å². The number of nitrogens with one attached hydrogen (secondary N) is 2. The molecule has 14 heteroatoms. The van der Waals surface area contributed by atoms with Crippen LogP contribution < -0.4 is 16.4 Å². The van der Waals surface area contributed by atoms with Crippen LogP contribution in [0.5, 0.6) is 0 Å². The van der Waals surface area contributed by atoms with Crippen molar-refractivity contribution < 1.29 is 4.39 Å². The zero-order valence-electron chi connectivity index (χ0n) is 24.4. The molecule has 228 valence electrons. The molecule has 0 aliphatic carbocycles. The quantitative estimate of drug-likeness (QED) is 0.162. The van der Waals surface area contributed by atoms with E-state index in [0.29, 0.717) is 28.8 Å². The van der Waals surface area contributed by atoms with Crippen molar-refractivity contribution in [3.05, 3.63) is 125 Å². The second-order valence-electron chi connectivity index (χ2n) is 9.34. The second kappa shape index (κ2) is 15.9. The van der Waals surface area contributed by atoms with Gasteiger partial charge in [-0.1, -0.05) is 12.1 Å². The SMILES string of the molecule is Cc1cnc(-c2cccc(F)c2)nc1Nc1ccncc1.Cc1cnc(Cl)nc1N.Cc1cnc(Cl)nc1Nc1ccncc1. The minimum absolute atomic E-state index is 0.193. The Balaban J connectivity index is 0.000000167. The molecular formula is C31H28Cl2FN11. The normalized spacial score (nSPS) is 10.1. The Morgan fingerprint density at radius 3 is 1.69 bits per heavy atom. The van der Waals surface area contributed by atoms with Gasteiger partial charge in [0.2, 0.25) is 10.6 Å². The Labute approximate surface area is 269 Å². The van der Waals surface area contributed by atoms with Gasteiger partial charge in [-0.3, -0.25) is 9.97 Å². The smallest absolute Gasteiger partial charge is 0.224 e. The van der Waals surface area contributed by atoms with Crippen LogP contribution in [0.1, 0.15) is 16.7 Å². The Hall–Kier alpha value is -5.33. The van der Waals surface area contributed by atoms with E-state index >= 15 is 0 Å². The van der Waals surface area contributed by atoms with Crippen molar-refractivity contribution in [3.63, 3.8) is 0 Å². The minimum Gasteiger partial charge on any atom is -0.383 e. The van der Waals surface area contributed by atoms with E-state index in [9.17, 15) is 4.39 Å². The van der Waals surface area contributed by atoms with Gasteiger partial charge in [0.1, 0.15) is 23.3 Å². The van der Waals surface area contributed by atoms with Crippen molar-refractivity contribution in [2.45, 2.75) is 20.8 Å². The molecule has 6 rings (SSSR count). The van der Waals surface area contributed by atoms with E-state index < -0.39 is 0 Å². The molecule has 1 aromatic carbocycles. The fraction of sp³-hybridized carbons (Fsp3) is 0.0968. The van der Waals surface area contributed by atoms with E-state index in [1.165, 1.54) is 12.1 Å². The van der Waals surface area contributed by atoms with Crippen molar-refractivity contribution in [3.8, 4) is 11.4 Å². The molecule has 6 aromatic rings. The molecular weight excluding hydrogens is 616 g/mol. The zero-order chi connectivity index (χ0) is 32.2. The number of halogens is 3. The molecule has 0 amide bonds. The predicted molar refractivity (Wildman–Crippen MR) is 175 cm³/mol. The third-order valence-corrected chi connectivity index (χ3v) is 6.23. The highest BCUT2D eigenvalue weighted by Gasteiger charge is 2.07. The van der Waals surface area contributed by atoms with E-state index in [-0.39, 0.29) is 16.4 Å². The fourth-order valence-corrected chi connectivity index (χ4v) is 3.73. The second-order valence-corrected chi connectivity index (χ2v) is 10.0. The average Bonchev–Trinajstić information content (AvgIpc) is 3.04. The van der Waals surface area contributed by atoms with Crippen LogP contribution in [-0.4, -0.2) is 39.9 Å². The lowest BCUT2D eigenvalue weighted by Gasteiger charge is -2.09. The fourth-order valence-electron chi connectivity index (χ4n) is 3.46. The summed E-state index contributed by atoms with van der Waals surface area (Å²) in [5.41, 5.74) is 10.5. The lowest BCUT2D eigenvalue weighted by molar-refractivity contribution is 0.628. The molecule has 0 saturated carbocycles. The number of hydrogen-bond donors (Lipinski definition) is 3. The summed E-state index contributed by atoms with van der Waals surface area (Å²) >= 11 is 11.1. The molecule has 45 heavy (non-hydrogen) atoms. The number of benzene rings is 1. The van der Waals surface area contributed by atoms with Gasteiger partial charge in [-0.25, -0.2) is 34.3 Å². The Kier molecular flexibility index (Phi) is 11.5. The van der Waals surface area contributed by atoms with Crippen LogP contribution in [0, 0.1) is 26.6 Å². The number of nitrogen functional groups attached to an aromatic ring is 1. The summed E-state index contributed by atoms with van der Waals surface area (Å²) in [6, 6.07) is 13.7. The number of pyridine rings is 2. The van der Waals surface area contributed by atoms with Gasteiger partial charge in [0.15, 0.2) is 5.82 Å². The van der Waals surface area contributed by atoms with Gasteiger partial charge in [-0.15, -0.1) is 0 Å². The van der Waals surface area contributed by atoms with Gasteiger partial charge < -0.3 is 16.4 Å². The van der Waals surface area contributed by atoms with Gasteiger partial charge in [0.25, 0.3) is 0 Å². The topological polar surface area (TPSA) is 153 Å². The van der Waals surface area contributed by atoms with Crippen LogP contribution in [0.4, 0.5) is 33.2 Å². The highest BCUT2D eigenvalue weighted by Crippen LogP contribution is 2.22. The van der Waals surface area contributed by atoms with Crippen molar-refractivity contribution in [1.82, 2.24) is 39.9 Å². The highest BCUT2D eigenvalue weighted by molar-refractivity contribution is 6.28. The third-order valence-electron chi connectivity index (χ3n) is 5.86. The summed E-state index contributed by atoms with van der Waals surface area (Å²) in [6.45, 7) is 5.66. The molecule has 0 aliphatic heterocycles. The molecule has 0 aliphatic rings. The van der Waals surface area contributed by atoms with E-state index in [4.69, 9.17) is 28.9 Å². The summed E-state index contributed by atoms with van der Waals surface area (Å²) in [5, 5.41) is 6.78. The van der Waals surface area contributed by atoms with Crippen molar-refractivity contribution in [1.29, 1.82) is 0 Å². The molecule has 0 unspecified atom stereocenters. The number of hydrogen-bond acceptors (Lipinski definition) is 11. The first-order valence-electron chi connectivity index (χ1n) is 13.4. The van der Waals surface area contributed by atoms with Gasteiger partial charge >= 0.3 is 0 Å². The van der Waals surface area contributed by atoms with E-state index in [1.54, 1.807) is 55.5 Å². The average molecular weight is 645 g/mol. The molecule has 0 fully saturated rings. The maximum atomic E-state index is 13.3. The number of anilines is 5. The van der Waals surface area contributed by atoms with Crippen LogP contribution in [0.3, 0.4) is 0 Å². The Morgan fingerprint density at radius 1 is 0.644 bits per heavy atom. The summed E-state index contributed by atoms with van der Waals surface area (Å²) < 4.78 is 13.3. The van der Waals surface area contributed by atoms with Crippen LogP contribution in [-0.2, 0) is 0 Å². The number of nitrogens with two attached hydrogens (primary N) is 1. The summed E-state index contributed by atoms with van der Waals surface area (Å²) in [4.78, 5) is 32.0. The van der Waals surface area contributed by atoms with Crippen LogP contribution >= 0.6 is 23.2 Å².